The summed E-state index contributed by atoms with van der Waals surface area (Å²) in [5.41, 5.74) is 10.6. The fraction of sp³-hybridized carbons (Fsp3) is 0.269. The summed E-state index contributed by atoms with van der Waals surface area (Å²) in [6.45, 7) is 2.49. The van der Waals surface area contributed by atoms with Crippen molar-refractivity contribution in [2.24, 2.45) is 0 Å². The van der Waals surface area contributed by atoms with Crippen LogP contribution in [0.5, 0.6) is 0 Å². The number of nitrogens with two attached hydrogens (primary N) is 1. The van der Waals surface area contributed by atoms with E-state index < -0.39 is 15.6 Å². The Balaban J connectivity index is 1.41. The zero-order valence-electron chi connectivity index (χ0n) is 21.3. The Labute approximate surface area is 223 Å². The van der Waals surface area contributed by atoms with Gasteiger partial charge in [0.2, 0.25) is 5.95 Å². The van der Waals surface area contributed by atoms with Crippen LogP contribution in [0.1, 0.15) is 31.4 Å². The van der Waals surface area contributed by atoms with Gasteiger partial charge in [-0.2, -0.15) is 9.61 Å². The Morgan fingerprint density at radius 2 is 1.90 bits per heavy atom. The van der Waals surface area contributed by atoms with Gasteiger partial charge in [-0.15, -0.1) is 0 Å². The molecule has 0 saturated carbocycles. The molecule has 0 aliphatic carbocycles. The number of fused-ring (bicyclic) bond motifs is 1. The number of hydrogen-bond donors (Lipinski definition) is 2. The first-order valence-corrected chi connectivity index (χ1v) is 14.3. The molecule has 1 saturated heterocycles. The van der Waals surface area contributed by atoms with Crippen molar-refractivity contribution in [3.63, 3.8) is 0 Å². The topological polar surface area (TPSA) is 165 Å². The SMILES string of the molecule is C[C@H]1C[C@H](c2nc3c(-c4ccc(-c5ccccc5)nc4)cnn3c(N)c2S(C)(=O)=O)CCN1c1noc(=O)[nH]1. The van der Waals surface area contributed by atoms with E-state index in [1.165, 1.54) is 4.52 Å². The quantitative estimate of drug-likeness (QED) is 0.335. The van der Waals surface area contributed by atoms with Gasteiger partial charge in [0, 0.05) is 47.6 Å². The number of pyridine rings is 1. The van der Waals surface area contributed by atoms with Crippen LogP contribution in [0, 0.1) is 0 Å². The summed E-state index contributed by atoms with van der Waals surface area (Å²) < 4.78 is 31.9. The van der Waals surface area contributed by atoms with Crippen molar-refractivity contribution in [2.45, 2.75) is 36.6 Å². The van der Waals surface area contributed by atoms with Crippen molar-refractivity contribution >= 4 is 27.3 Å². The maximum absolute atomic E-state index is 12.9. The number of piperidine rings is 1. The summed E-state index contributed by atoms with van der Waals surface area (Å²) in [5.74, 6) is -0.457. The second-order valence-corrected chi connectivity index (χ2v) is 11.7. The van der Waals surface area contributed by atoms with Gasteiger partial charge in [-0.05, 0) is 31.0 Å². The normalized spacial score (nSPS) is 18.1. The number of benzene rings is 1. The molecule has 3 N–H and O–H groups in total. The molecule has 39 heavy (non-hydrogen) atoms. The number of rotatable bonds is 5. The molecule has 6 rings (SSSR count). The molecule has 1 aromatic carbocycles. The molecule has 200 valence electrons. The van der Waals surface area contributed by atoms with Crippen molar-refractivity contribution in [1.82, 2.24) is 29.7 Å². The second-order valence-electron chi connectivity index (χ2n) is 9.76. The van der Waals surface area contributed by atoms with Gasteiger partial charge >= 0.3 is 5.76 Å². The highest BCUT2D eigenvalue weighted by molar-refractivity contribution is 7.91. The van der Waals surface area contributed by atoms with E-state index in [0.717, 1.165) is 23.1 Å². The van der Waals surface area contributed by atoms with Gasteiger partial charge < -0.3 is 10.6 Å². The molecule has 5 heterocycles. The summed E-state index contributed by atoms with van der Waals surface area (Å²) in [4.78, 5) is 25.4. The van der Waals surface area contributed by atoms with Gasteiger partial charge in [0.05, 0.1) is 17.6 Å². The van der Waals surface area contributed by atoms with Crippen LogP contribution in [0.25, 0.3) is 28.0 Å². The van der Waals surface area contributed by atoms with E-state index in [0.29, 0.717) is 42.2 Å². The van der Waals surface area contributed by atoms with Gasteiger partial charge in [-0.3, -0.25) is 14.5 Å². The molecule has 12 nitrogen and oxygen atoms in total. The molecular weight excluding hydrogens is 520 g/mol. The highest BCUT2D eigenvalue weighted by Crippen LogP contribution is 2.38. The summed E-state index contributed by atoms with van der Waals surface area (Å²) in [6.07, 6.45) is 5.64. The number of nitrogens with one attached hydrogen (secondary N) is 1. The molecule has 0 spiro atoms. The van der Waals surface area contributed by atoms with E-state index in [4.69, 9.17) is 10.7 Å². The predicted molar refractivity (Wildman–Crippen MR) is 145 cm³/mol. The first-order valence-electron chi connectivity index (χ1n) is 12.4. The zero-order chi connectivity index (χ0) is 27.3. The maximum Gasteiger partial charge on any atom is 0.440 e. The number of hydrogen-bond acceptors (Lipinski definition) is 10. The van der Waals surface area contributed by atoms with Gasteiger partial charge in [0.25, 0.3) is 0 Å². The van der Waals surface area contributed by atoms with Crippen molar-refractivity contribution in [3.05, 3.63) is 71.1 Å². The molecule has 13 heteroatoms. The Morgan fingerprint density at radius 3 is 2.54 bits per heavy atom. The number of aromatic amines is 1. The second kappa shape index (κ2) is 9.34. The zero-order valence-corrected chi connectivity index (χ0v) is 22.1. The number of nitrogen functional groups attached to an aromatic ring is 1. The van der Waals surface area contributed by atoms with Crippen LogP contribution in [-0.2, 0) is 9.84 Å². The molecule has 5 aromatic rings. The number of anilines is 2. The predicted octanol–water partition coefficient (Wildman–Crippen LogP) is 2.89. The lowest BCUT2D eigenvalue weighted by molar-refractivity contribution is 0.375. The molecular formula is C26H26N8O4S. The molecule has 0 amide bonds. The van der Waals surface area contributed by atoms with E-state index in [-0.39, 0.29) is 22.7 Å². The minimum atomic E-state index is -3.73. The van der Waals surface area contributed by atoms with Crippen LogP contribution in [0.4, 0.5) is 11.8 Å². The van der Waals surface area contributed by atoms with E-state index >= 15 is 0 Å². The van der Waals surface area contributed by atoms with Gasteiger partial charge in [-0.1, -0.05) is 36.4 Å². The van der Waals surface area contributed by atoms with Crippen molar-refractivity contribution in [2.75, 3.05) is 23.4 Å². The lowest BCUT2D eigenvalue weighted by Gasteiger charge is -2.37. The van der Waals surface area contributed by atoms with Crippen LogP contribution in [-0.4, -0.2) is 57.0 Å². The van der Waals surface area contributed by atoms with Crippen molar-refractivity contribution in [1.29, 1.82) is 0 Å². The number of H-pyrrole nitrogens is 1. The highest BCUT2D eigenvalue weighted by atomic mass is 32.2. The number of sulfone groups is 1. The lowest BCUT2D eigenvalue weighted by Crippen LogP contribution is -2.41. The molecule has 1 aliphatic heterocycles. The van der Waals surface area contributed by atoms with Crippen LogP contribution >= 0.6 is 0 Å². The van der Waals surface area contributed by atoms with Crippen LogP contribution in [0.2, 0.25) is 0 Å². The molecule has 4 aromatic heterocycles. The minimum Gasteiger partial charge on any atom is -0.382 e. The summed E-state index contributed by atoms with van der Waals surface area (Å²) in [6, 6.07) is 13.6. The number of aromatic nitrogens is 6. The Bertz CT molecular complexity index is 1830. The average Bonchev–Trinajstić information content (AvgIpc) is 3.55. The third kappa shape index (κ3) is 4.44. The first-order chi connectivity index (χ1) is 18.7. The largest absolute Gasteiger partial charge is 0.440 e. The molecule has 2 atom stereocenters. The smallest absolute Gasteiger partial charge is 0.382 e. The molecule has 0 unspecified atom stereocenters. The fourth-order valence-corrected chi connectivity index (χ4v) is 6.35. The summed E-state index contributed by atoms with van der Waals surface area (Å²) in [5, 5.41) is 8.18. The van der Waals surface area contributed by atoms with Gasteiger partial charge in [0.15, 0.2) is 15.5 Å². The fourth-order valence-electron chi connectivity index (χ4n) is 5.29. The Kier molecular flexibility index (Phi) is 5.94. The van der Waals surface area contributed by atoms with Gasteiger partial charge in [-0.25, -0.2) is 18.2 Å². The van der Waals surface area contributed by atoms with E-state index in [1.54, 1.807) is 12.4 Å². The monoisotopic (exact) mass is 546 g/mol. The summed E-state index contributed by atoms with van der Waals surface area (Å²) in [7, 11) is -3.73. The molecule has 1 fully saturated rings. The first kappa shape index (κ1) is 24.8. The Hall–Kier alpha value is -4.52. The average molecular weight is 547 g/mol. The molecule has 0 radical (unpaired) electrons. The Morgan fingerprint density at radius 1 is 1.10 bits per heavy atom. The standard InChI is InChI=1S/C26H26N8O4S/c1-15-12-17(10-11-33(15)25-31-26(35)38-32-25)21-22(39(2,36)37)23(27)34-24(30-21)19(14-29-34)18-8-9-20(28-13-18)16-6-4-3-5-7-16/h3-9,13-15,17H,10-12,27H2,1-2H3,(H,31,32,35)/t15-,17+/m0/s1. The third-order valence-electron chi connectivity index (χ3n) is 7.14. The number of nitrogens with zero attached hydrogens (tertiary/aromatic N) is 6. The minimum absolute atomic E-state index is 0.0114. The van der Waals surface area contributed by atoms with Crippen LogP contribution in [0.3, 0.4) is 0 Å². The van der Waals surface area contributed by atoms with E-state index in [9.17, 15) is 13.2 Å². The van der Waals surface area contributed by atoms with Crippen molar-refractivity contribution < 1.29 is 12.9 Å². The molecule has 1 aliphatic rings. The summed E-state index contributed by atoms with van der Waals surface area (Å²) >= 11 is 0. The lowest BCUT2D eigenvalue weighted by atomic mass is 9.88. The van der Waals surface area contributed by atoms with E-state index in [1.807, 2.05) is 54.3 Å². The highest BCUT2D eigenvalue weighted by Gasteiger charge is 2.34. The van der Waals surface area contributed by atoms with Crippen LogP contribution < -0.4 is 16.4 Å². The van der Waals surface area contributed by atoms with Gasteiger partial charge in [0.1, 0.15) is 10.7 Å². The van der Waals surface area contributed by atoms with Crippen LogP contribution in [0.15, 0.2) is 69.1 Å². The third-order valence-corrected chi connectivity index (χ3v) is 8.30. The maximum atomic E-state index is 12.9. The molecule has 0 bridgehead atoms. The van der Waals surface area contributed by atoms with E-state index in [2.05, 4.69) is 24.7 Å². The van der Waals surface area contributed by atoms with Crippen molar-refractivity contribution in [3.8, 4) is 22.4 Å².